The molecule has 0 bridgehead atoms. The Morgan fingerprint density at radius 3 is 2.94 bits per heavy atom. The monoisotopic (exact) mass is 231 g/mol. The summed E-state index contributed by atoms with van der Waals surface area (Å²) in [4.78, 5) is 4.55. The number of benzene rings is 1. The molecule has 5 heteroatoms. The first-order valence-corrected chi connectivity index (χ1v) is 5.45. The lowest BCUT2D eigenvalue weighted by atomic mass is 10.2. The molecule has 0 unspecified atom stereocenters. The van der Waals surface area contributed by atoms with Crippen LogP contribution in [0.15, 0.2) is 24.3 Å². The van der Waals surface area contributed by atoms with Crippen molar-refractivity contribution in [2.24, 2.45) is 7.05 Å². The number of aromatic nitrogens is 4. The molecule has 3 rings (SSSR count). The Bertz CT molecular complexity index is 754. The van der Waals surface area contributed by atoms with Crippen molar-refractivity contribution in [3.05, 3.63) is 34.7 Å². The molecular weight excluding hydrogens is 220 g/mol. The van der Waals surface area contributed by atoms with Crippen molar-refractivity contribution in [3.63, 3.8) is 0 Å². The number of aryl methyl sites for hydroxylation is 2. The fraction of sp³-hybridized carbons (Fsp3) is 0.182. The summed E-state index contributed by atoms with van der Waals surface area (Å²) >= 11 is 5.29. The lowest BCUT2D eigenvalue weighted by molar-refractivity contribution is -0.492. The van der Waals surface area contributed by atoms with Crippen molar-refractivity contribution >= 4 is 28.9 Å². The number of nitrogens with one attached hydrogen (secondary N) is 1. The lowest BCUT2D eigenvalue weighted by Crippen LogP contribution is -2.24. The summed E-state index contributed by atoms with van der Waals surface area (Å²) in [6, 6.07) is 8.14. The van der Waals surface area contributed by atoms with Gasteiger partial charge in [0.15, 0.2) is 0 Å². The van der Waals surface area contributed by atoms with E-state index in [0.29, 0.717) is 4.77 Å². The molecule has 0 aliphatic heterocycles. The van der Waals surface area contributed by atoms with Gasteiger partial charge in [-0.3, -0.25) is 0 Å². The van der Waals surface area contributed by atoms with Crippen molar-refractivity contribution in [2.75, 3.05) is 0 Å². The molecular formula is C11H11N4S+. The Morgan fingerprint density at radius 1 is 1.38 bits per heavy atom. The minimum absolute atomic E-state index is 0.668. The largest absolute Gasteiger partial charge is 0.385 e. The highest BCUT2D eigenvalue weighted by Gasteiger charge is 2.15. The van der Waals surface area contributed by atoms with Crippen LogP contribution in [-0.4, -0.2) is 14.8 Å². The highest BCUT2D eigenvalue weighted by Crippen LogP contribution is 2.13. The van der Waals surface area contributed by atoms with Gasteiger partial charge < -0.3 is 0 Å². The predicted molar refractivity (Wildman–Crippen MR) is 63.8 cm³/mol. The third-order valence-electron chi connectivity index (χ3n) is 2.77. The molecule has 0 saturated carbocycles. The number of nitrogens with zero attached hydrogens (tertiary/aromatic N) is 3. The van der Waals surface area contributed by atoms with E-state index in [1.165, 1.54) is 0 Å². The van der Waals surface area contributed by atoms with Gasteiger partial charge in [-0.2, -0.15) is 14.2 Å². The topological polar surface area (TPSA) is 37.7 Å². The van der Waals surface area contributed by atoms with Crippen LogP contribution < -0.4 is 4.40 Å². The first kappa shape index (κ1) is 9.47. The van der Waals surface area contributed by atoms with Crippen molar-refractivity contribution < 1.29 is 4.40 Å². The maximum absolute atomic E-state index is 5.29. The fourth-order valence-electron chi connectivity index (χ4n) is 2.01. The minimum atomic E-state index is 0.668. The van der Waals surface area contributed by atoms with Crippen molar-refractivity contribution in [1.82, 2.24) is 14.8 Å². The zero-order valence-electron chi connectivity index (χ0n) is 9.06. The lowest BCUT2D eigenvalue weighted by Gasteiger charge is -1.98. The standard InChI is InChI=1S/C11H10N4S/c1-7-8-5-3-4-6-9(8)15-10(12-7)14(2)13-11(15)16/h3-6H,1-2H3/p+1. The van der Waals surface area contributed by atoms with E-state index in [-0.39, 0.29) is 0 Å². The Labute approximate surface area is 97.2 Å². The fourth-order valence-corrected chi connectivity index (χ4v) is 2.33. The molecule has 16 heavy (non-hydrogen) atoms. The van der Waals surface area contributed by atoms with Crippen LogP contribution in [0.25, 0.3) is 16.7 Å². The first-order chi connectivity index (χ1) is 7.68. The van der Waals surface area contributed by atoms with Gasteiger partial charge in [0.2, 0.25) is 0 Å². The first-order valence-electron chi connectivity index (χ1n) is 5.04. The molecule has 2 aromatic heterocycles. The molecule has 3 aromatic rings. The minimum Gasteiger partial charge on any atom is -0.177 e. The highest BCUT2D eigenvalue weighted by molar-refractivity contribution is 7.71. The molecule has 0 aliphatic carbocycles. The molecule has 80 valence electrons. The van der Waals surface area contributed by atoms with E-state index in [4.69, 9.17) is 12.2 Å². The summed E-state index contributed by atoms with van der Waals surface area (Å²) in [7, 11) is 1.91. The highest BCUT2D eigenvalue weighted by atomic mass is 32.1. The number of para-hydroxylation sites is 1. The van der Waals surface area contributed by atoms with Crippen LogP contribution in [0.3, 0.4) is 0 Å². The summed E-state index contributed by atoms with van der Waals surface area (Å²) in [5.41, 5.74) is 2.10. The quantitative estimate of drug-likeness (QED) is 0.472. The molecule has 0 amide bonds. The van der Waals surface area contributed by atoms with Gasteiger partial charge in [-0.25, -0.2) is 0 Å². The second-order valence-electron chi connectivity index (χ2n) is 3.83. The van der Waals surface area contributed by atoms with E-state index in [0.717, 1.165) is 22.4 Å². The van der Waals surface area contributed by atoms with Crippen molar-refractivity contribution in [3.8, 4) is 0 Å². The number of fused-ring (bicyclic) bond motifs is 3. The Hall–Kier alpha value is -1.75. The zero-order valence-corrected chi connectivity index (χ0v) is 9.88. The van der Waals surface area contributed by atoms with Gasteiger partial charge in [0.05, 0.1) is 7.05 Å². The Morgan fingerprint density at radius 2 is 2.12 bits per heavy atom. The van der Waals surface area contributed by atoms with Gasteiger partial charge in [0.25, 0.3) is 4.77 Å². The van der Waals surface area contributed by atoms with Crippen LogP contribution in [0.2, 0.25) is 0 Å². The van der Waals surface area contributed by atoms with E-state index < -0.39 is 0 Å². The molecule has 1 N–H and O–H groups in total. The van der Waals surface area contributed by atoms with E-state index in [2.05, 4.69) is 22.2 Å². The van der Waals surface area contributed by atoms with Crippen molar-refractivity contribution in [1.29, 1.82) is 0 Å². The third kappa shape index (κ3) is 1.12. The second kappa shape index (κ2) is 3.12. The van der Waals surface area contributed by atoms with Gasteiger partial charge in [-0.1, -0.05) is 12.1 Å². The van der Waals surface area contributed by atoms with E-state index in [1.807, 2.05) is 35.2 Å². The third-order valence-corrected chi connectivity index (χ3v) is 3.04. The zero-order chi connectivity index (χ0) is 11.3. The number of hydrogen-bond donors (Lipinski definition) is 1. The summed E-state index contributed by atoms with van der Waals surface area (Å²) in [6.45, 7) is 2.01. The van der Waals surface area contributed by atoms with E-state index in [9.17, 15) is 0 Å². The Kier molecular flexibility index (Phi) is 1.85. The molecule has 0 saturated heterocycles. The maximum atomic E-state index is 5.29. The van der Waals surface area contributed by atoms with Crippen molar-refractivity contribution in [2.45, 2.75) is 6.92 Å². The summed E-state index contributed by atoms with van der Waals surface area (Å²) in [5, 5.41) is 4.20. The summed E-state index contributed by atoms with van der Waals surface area (Å²) in [5.74, 6) is 0.834. The molecule has 0 fully saturated rings. The summed E-state index contributed by atoms with van der Waals surface area (Å²) in [6.07, 6.45) is 0. The number of H-pyrrole nitrogens is 1. The molecule has 0 spiro atoms. The molecule has 1 aromatic carbocycles. The average Bonchev–Trinajstić information content (AvgIpc) is 2.55. The Balaban J connectivity index is 2.73. The van der Waals surface area contributed by atoms with Gasteiger partial charge in [-0.05, 0) is 31.3 Å². The molecule has 0 aliphatic rings. The van der Waals surface area contributed by atoms with Crippen LogP contribution >= 0.6 is 12.2 Å². The predicted octanol–water partition coefficient (Wildman–Crippen LogP) is 1.68. The van der Waals surface area contributed by atoms with Gasteiger partial charge in [-0.15, -0.1) is 4.98 Å². The van der Waals surface area contributed by atoms with Crippen LogP contribution in [0.1, 0.15) is 5.69 Å². The van der Waals surface area contributed by atoms with Crippen LogP contribution in [0.5, 0.6) is 0 Å². The van der Waals surface area contributed by atoms with Crippen LogP contribution in [-0.2, 0) is 7.05 Å². The summed E-state index contributed by atoms with van der Waals surface area (Å²) < 4.78 is 4.46. The van der Waals surface area contributed by atoms with Crippen LogP contribution in [0, 0.1) is 11.7 Å². The molecule has 0 radical (unpaired) electrons. The SMILES string of the molecule is Cc1nc2n(C)[nH]c(=S)[n+]2c2ccccc12. The van der Waals surface area contributed by atoms with Crippen LogP contribution in [0.4, 0.5) is 0 Å². The van der Waals surface area contributed by atoms with Gasteiger partial charge >= 0.3 is 5.78 Å². The van der Waals surface area contributed by atoms with E-state index in [1.54, 1.807) is 0 Å². The number of hydrogen-bond acceptors (Lipinski definition) is 2. The molecule has 2 heterocycles. The van der Waals surface area contributed by atoms with Gasteiger partial charge in [0.1, 0.15) is 11.2 Å². The maximum Gasteiger partial charge on any atom is 0.385 e. The molecule has 4 nitrogen and oxygen atoms in total. The van der Waals surface area contributed by atoms with Gasteiger partial charge in [0, 0.05) is 5.39 Å². The second-order valence-corrected chi connectivity index (χ2v) is 4.21. The average molecular weight is 231 g/mol. The smallest absolute Gasteiger partial charge is 0.177 e. The normalized spacial score (nSPS) is 11.4. The number of rotatable bonds is 0. The number of aromatic amines is 1. The molecule has 0 atom stereocenters. The van der Waals surface area contributed by atoms with E-state index >= 15 is 0 Å².